The monoisotopic (exact) mass is 434 g/mol. The third-order valence-electron chi connectivity index (χ3n) is 3.65. The fourth-order valence-corrected chi connectivity index (χ4v) is 2.21. The fourth-order valence-electron chi connectivity index (χ4n) is 2.21. The van der Waals surface area contributed by atoms with E-state index in [0.717, 1.165) is 5.56 Å². The normalized spacial score (nSPS) is 26.9. The number of aliphatic hydroxyl groups is 2. The average Bonchev–Trinajstić information content (AvgIpc) is 2.91. The molecule has 0 aliphatic rings. The number of rotatable bonds is 16. The smallest absolute Gasteiger partial charge is 0.121 e. The van der Waals surface area contributed by atoms with E-state index in [-0.39, 0.29) is 6.42 Å². The highest BCUT2D eigenvalue weighted by atomic mass is 16.5. The third-order valence-corrected chi connectivity index (χ3v) is 3.65. The molecule has 0 amide bonds. The molecule has 0 bridgehead atoms. The Morgan fingerprint density at radius 1 is 1.00 bits per heavy atom. The SMILES string of the molecule is [2H]C([2H])(CCCc1ccccc1)OC([2H])([2H])C([2H])([2H])C([2H])([2H])C([2H])([2H])C([2H])([2H])C([2H])([2H])NC([2H])([2H])C([2H])(O)c1ccc(O)c(C([2H])([2H])O)c1. The van der Waals surface area contributed by atoms with Crippen molar-refractivity contribution in [2.75, 3.05) is 26.1 Å². The molecular weight excluding hydrogens is 378 g/mol. The Morgan fingerprint density at radius 3 is 2.60 bits per heavy atom. The highest BCUT2D eigenvalue weighted by Crippen LogP contribution is 2.22. The van der Waals surface area contributed by atoms with E-state index in [1.807, 2.05) is 0 Å². The minimum atomic E-state index is -4.47. The van der Waals surface area contributed by atoms with Gasteiger partial charge in [-0.3, -0.25) is 0 Å². The molecule has 1 unspecified atom stereocenters. The van der Waals surface area contributed by atoms with Gasteiger partial charge in [-0.25, -0.2) is 0 Å². The first-order valence-electron chi connectivity index (χ1n) is 18.4. The molecule has 2 aromatic rings. The van der Waals surface area contributed by atoms with E-state index >= 15 is 0 Å². The molecule has 4 N–H and O–H groups in total. The molecule has 0 spiro atoms. The van der Waals surface area contributed by atoms with Gasteiger partial charge in [0.25, 0.3) is 0 Å². The molecule has 2 rings (SSSR count). The van der Waals surface area contributed by atoms with E-state index < -0.39 is 87.5 Å². The number of benzene rings is 2. The van der Waals surface area contributed by atoms with Gasteiger partial charge in [0.15, 0.2) is 0 Å². The number of ether oxygens (including phenoxy) is 1. The van der Waals surface area contributed by atoms with E-state index in [9.17, 15) is 15.3 Å². The summed E-state index contributed by atoms with van der Waals surface area (Å²) in [6.07, 6.45) is -21.5. The topological polar surface area (TPSA) is 82.0 Å². The molecule has 0 aromatic heterocycles. The quantitative estimate of drug-likeness (QED) is 0.320. The lowest BCUT2D eigenvalue weighted by Gasteiger charge is -2.14. The molecule has 0 heterocycles. The van der Waals surface area contributed by atoms with Gasteiger partial charge in [-0.05, 0) is 61.8 Å². The standard InChI is InChI=1S/C25H37NO4/c27-20-23-18-22(13-14-24(23)28)25(29)19-26-15-7-1-2-8-16-30-17-9-6-12-21-10-4-3-5-11-21/h3-5,10-11,13-14,18,25-29H,1-2,6-9,12,15-17,19-20H2/i1D2,2D2,7D2,8D2,15D2,16D2,17D2,19D2,20D2,25D. The van der Waals surface area contributed by atoms with Crippen molar-refractivity contribution in [1.82, 2.24) is 5.32 Å². The van der Waals surface area contributed by atoms with Crippen LogP contribution >= 0.6 is 0 Å². The zero-order valence-electron chi connectivity index (χ0n) is 35.0. The summed E-state index contributed by atoms with van der Waals surface area (Å²) in [7, 11) is 0. The van der Waals surface area contributed by atoms with E-state index in [0.29, 0.717) is 24.6 Å². The van der Waals surface area contributed by atoms with E-state index in [4.69, 9.17) is 30.8 Å². The van der Waals surface area contributed by atoms with Crippen LogP contribution in [0.3, 0.4) is 0 Å². The second-order valence-corrected chi connectivity index (χ2v) is 5.75. The highest BCUT2D eigenvalue weighted by molar-refractivity contribution is 5.36. The van der Waals surface area contributed by atoms with Crippen molar-refractivity contribution in [2.45, 2.75) is 57.4 Å². The first-order valence-corrected chi connectivity index (χ1v) is 8.93. The largest absolute Gasteiger partial charge is 0.508 e. The molecule has 0 fully saturated rings. The van der Waals surface area contributed by atoms with Crippen LogP contribution in [-0.2, 0) is 17.7 Å². The van der Waals surface area contributed by atoms with Crippen molar-refractivity contribution >= 4 is 0 Å². The van der Waals surface area contributed by atoms with Crippen molar-refractivity contribution in [2.24, 2.45) is 0 Å². The summed E-state index contributed by atoms with van der Waals surface area (Å²) in [5.74, 6) is -0.888. The molecule has 5 nitrogen and oxygen atoms in total. The summed E-state index contributed by atoms with van der Waals surface area (Å²) < 4.78 is 158. The van der Waals surface area contributed by atoms with Crippen LogP contribution in [0.4, 0.5) is 0 Å². The first-order chi connectivity index (χ1) is 21.6. The number of hydrogen-bond donors (Lipinski definition) is 4. The maximum absolute atomic E-state index is 10.8. The molecule has 0 radical (unpaired) electrons. The number of hydrogen-bond acceptors (Lipinski definition) is 5. The Bertz CT molecular complexity index is 1450. The van der Waals surface area contributed by atoms with Crippen LogP contribution in [0.15, 0.2) is 48.5 Å². The maximum atomic E-state index is 10.8. The van der Waals surface area contributed by atoms with E-state index in [2.05, 4.69) is 0 Å². The molecular formula is C25H37NO4. The third kappa shape index (κ3) is 9.72. The molecule has 0 aliphatic carbocycles. The van der Waals surface area contributed by atoms with Gasteiger partial charge in [0, 0.05) is 41.6 Å². The van der Waals surface area contributed by atoms with Gasteiger partial charge in [0.05, 0.1) is 22.2 Å². The van der Waals surface area contributed by atoms with Crippen LogP contribution in [0.2, 0.25) is 0 Å². The summed E-state index contributed by atoms with van der Waals surface area (Å²) in [5, 5.41) is 31.5. The van der Waals surface area contributed by atoms with E-state index in [1.54, 1.807) is 30.3 Å². The van der Waals surface area contributed by atoms with Gasteiger partial charge in [-0.15, -0.1) is 0 Å². The predicted molar refractivity (Wildman–Crippen MR) is 121 cm³/mol. The average molecular weight is 435 g/mol. The summed E-state index contributed by atoms with van der Waals surface area (Å²) in [6.45, 7) is -18.3. The summed E-state index contributed by atoms with van der Waals surface area (Å²) >= 11 is 0. The molecule has 0 saturated carbocycles. The number of nitrogens with one attached hydrogen (secondary N) is 1. The van der Waals surface area contributed by atoms with Crippen LogP contribution in [0.1, 0.15) is 87.1 Å². The van der Waals surface area contributed by atoms with Crippen LogP contribution in [0.25, 0.3) is 0 Å². The lowest BCUT2D eigenvalue weighted by molar-refractivity contribution is 0.126. The summed E-state index contributed by atoms with van der Waals surface area (Å²) in [5.41, 5.74) is -1.08. The van der Waals surface area contributed by atoms with Gasteiger partial charge in [0.1, 0.15) is 5.75 Å². The zero-order valence-corrected chi connectivity index (χ0v) is 16.0. The highest BCUT2D eigenvalue weighted by Gasteiger charge is 2.09. The van der Waals surface area contributed by atoms with Crippen LogP contribution < -0.4 is 5.32 Å². The minimum Gasteiger partial charge on any atom is -0.508 e. The molecule has 1 atom stereocenters. The number of aryl methyl sites for hydroxylation is 1. The molecule has 30 heavy (non-hydrogen) atoms. The minimum absolute atomic E-state index is 0.0567. The Morgan fingerprint density at radius 2 is 1.80 bits per heavy atom. The van der Waals surface area contributed by atoms with Gasteiger partial charge in [-0.2, -0.15) is 0 Å². The molecule has 0 aliphatic heterocycles. The molecule has 0 saturated heterocycles. The molecule has 5 heteroatoms. The van der Waals surface area contributed by atoms with Crippen LogP contribution in [0.5, 0.6) is 5.75 Å². The Balaban J connectivity index is 2.41. The van der Waals surface area contributed by atoms with Gasteiger partial charge >= 0.3 is 0 Å². The predicted octanol–water partition coefficient (Wildman–Crippen LogP) is 4.11. The van der Waals surface area contributed by atoms with Gasteiger partial charge in [0.2, 0.25) is 0 Å². The molecule has 2 aromatic carbocycles. The van der Waals surface area contributed by atoms with Crippen molar-refractivity contribution < 1.29 is 46.1 Å². The van der Waals surface area contributed by atoms with Crippen LogP contribution in [-0.4, -0.2) is 41.4 Å². The number of aromatic hydroxyl groups is 1. The Labute approximate surface area is 207 Å². The van der Waals surface area contributed by atoms with E-state index in [1.165, 1.54) is 5.32 Å². The van der Waals surface area contributed by atoms with Crippen molar-refractivity contribution in [3.8, 4) is 5.75 Å². The van der Waals surface area contributed by atoms with Crippen LogP contribution in [0, 0.1) is 0 Å². The lowest BCUT2D eigenvalue weighted by Crippen LogP contribution is -2.22. The Kier molecular flexibility index (Phi) is 4.44. The summed E-state index contributed by atoms with van der Waals surface area (Å²) in [4.78, 5) is 0. The fraction of sp³-hybridized carbons (Fsp3) is 0.520. The van der Waals surface area contributed by atoms with Gasteiger partial charge < -0.3 is 25.4 Å². The van der Waals surface area contributed by atoms with Gasteiger partial charge in [-0.1, -0.05) is 49.1 Å². The van der Waals surface area contributed by atoms with Crippen molar-refractivity contribution in [3.63, 3.8) is 0 Å². The maximum Gasteiger partial charge on any atom is 0.121 e. The Hall–Kier alpha value is -1.92. The zero-order chi connectivity index (χ0) is 38.5. The lowest BCUT2D eigenvalue weighted by atomic mass is 10.1. The second kappa shape index (κ2) is 15.0. The first kappa shape index (κ1) is 8.91. The van der Waals surface area contributed by atoms with Crippen molar-refractivity contribution in [1.29, 1.82) is 0 Å². The van der Waals surface area contributed by atoms with Crippen molar-refractivity contribution in [3.05, 3.63) is 65.2 Å². The molecule has 166 valence electrons. The summed E-state index contributed by atoms with van der Waals surface area (Å²) in [6, 6.07) is 10.5. The number of phenols is 1. The second-order valence-electron chi connectivity index (χ2n) is 5.75.